The first-order valence-corrected chi connectivity index (χ1v) is 7.44. The van der Waals surface area contributed by atoms with Gasteiger partial charge in [0.1, 0.15) is 5.75 Å². The molecule has 0 saturated heterocycles. The Balaban J connectivity index is 2.33. The topological polar surface area (TPSA) is 65.7 Å². The van der Waals surface area contributed by atoms with E-state index in [1.54, 1.807) is 19.3 Å². The van der Waals surface area contributed by atoms with Crippen molar-refractivity contribution in [1.29, 1.82) is 0 Å². The predicted molar refractivity (Wildman–Crippen MR) is 88.4 cm³/mol. The molecular weight excluding hydrogens is 276 g/mol. The van der Waals surface area contributed by atoms with Gasteiger partial charge in [-0.1, -0.05) is 36.8 Å². The number of hydrogen-bond donors (Lipinski definition) is 2. The van der Waals surface area contributed by atoms with E-state index in [2.05, 4.69) is 48.1 Å². The van der Waals surface area contributed by atoms with Gasteiger partial charge < -0.3 is 10.2 Å². The van der Waals surface area contributed by atoms with Crippen molar-refractivity contribution in [1.82, 2.24) is 4.98 Å². The van der Waals surface area contributed by atoms with E-state index >= 15 is 0 Å². The van der Waals surface area contributed by atoms with Crippen molar-refractivity contribution in [3.63, 3.8) is 0 Å². The van der Waals surface area contributed by atoms with Crippen molar-refractivity contribution >= 4 is 6.21 Å². The van der Waals surface area contributed by atoms with Crippen molar-refractivity contribution in [2.24, 2.45) is 4.99 Å². The molecule has 0 aliphatic rings. The van der Waals surface area contributed by atoms with E-state index in [0.29, 0.717) is 16.8 Å². The van der Waals surface area contributed by atoms with Gasteiger partial charge in [-0.25, -0.2) is 0 Å². The molecule has 1 aromatic carbocycles. The molecule has 0 spiro atoms. The Kier molecular flexibility index (Phi) is 5.28. The van der Waals surface area contributed by atoms with Crippen LogP contribution in [0.1, 0.15) is 47.3 Å². The average molecular weight is 298 g/mol. The quantitative estimate of drug-likeness (QED) is 0.831. The van der Waals surface area contributed by atoms with E-state index in [1.165, 1.54) is 5.56 Å². The lowest BCUT2D eigenvalue weighted by molar-refractivity contribution is 0.280. The van der Waals surface area contributed by atoms with Crippen LogP contribution in [0.5, 0.6) is 5.75 Å². The lowest BCUT2D eigenvalue weighted by atomic mass is 10.0. The maximum absolute atomic E-state index is 10.1. The highest BCUT2D eigenvalue weighted by Crippen LogP contribution is 2.25. The minimum absolute atomic E-state index is 0.0278. The molecule has 0 amide bonds. The van der Waals surface area contributed by atoms with Crippen LogP contribution in [0.2, 0.25) is 0 Å². The second kappa shape index (κ2) is 7.18. The van der Waals surface area contributed by atoms with Gasteiger partial charge in [0.2, 0.25) is 0 Å². The van der Waals surface area contributed by atoms with Crippen molar-refractivity contribution in [3.8, 4) is 5.75 Å². The minimum Gasteiger partial charge on any atom is -0.505 e. The van der Waals surface area contributed by atoms with Gasteiger partial charge in [0, 0.05) is 23.5 Å². The molecule has 2 aromatic rings. The molecule has 4 heteroatoms. The number of aliphatic imine (C=N–C) groups is 1. The molecular formula is C18H22N2O2. The fourth-order valence-corrected chi connectivity index (χ4v) is 2.30. The molecule has 4 nitrogen and oxygen atoms in total. The number of benzene rings is 1. The number of aromatic hydroxyl groups is 1. The van der Waals surface area contributed by atoms with Crippen LogP contribution in [-0.4, -0.2) is 21.4 Å². The highest BCUT2D eigenvalue weighted by molar-refractivity contribution is 5.85. The predicted octanol–water partition coefficient (Wildman–Crippen LogP) is 3.47. The van der Waals surface area contributed by atoms with E-state index in [4.69, 9.17) is 0 Å². The van der Waals surface area contributed by atoms with Crippen LogP contribution in [-0.2, 0) is 6.61 Å². The molecule has 1 aromatic heterocycles. The standard InChI is InChI=1S/C18H22N2O2/c1-4-17(14-7-5-12(2)6-8-14)20-10-16-15(11-21)9-19-13(3)18(16)22/h5-10,17,21-22H,4,11H2,1-3H3/t17-/m1/s1. The lowest BCUT2D eigenvalue weighted by Gasteiger charge is -2.12. The van der Waals surface area contributed by atoms with E-state index in [-0.39, 0.29) is 18.4 Å². The summed E-state index contributed by atoms with van der Waals surface area (Å²) in [7, 11) is 0. The van der Waals surface area contributed by atoms with Gasteiger partial charge in [-0.15, -0.1) is 0 Å². The molecule has 1 heterocycles. The summed E-state index contributed by atoms with van der Waals surface area (Å²) < 4.78 is 0. The number of hydrogen-bond acceptors (Lipinski definition) is 4. The molecule has 0 aliphatic heterocycles. The molecule has 22 heavy (non-hydrogen) atoms. The third-order valence-corrected chi connectivity index (χ3v) is 3.76. The van der Waals surface area contributed by atoms with E-state index in [0.717, 1.165) is 12.0 Å². The number of aryl methyl sites for hydroxylation is 2. The van der Waals surface area contributed by atoms with Crippen molar-refractivity contribution in [3.05, 3.63) is 58.4 Å². The highest BCUT2D eigenvalue weighted by atomic mass is 16.3. The second-order valence-corrected chi connectivity index (χ2v) is 5.40. The Hall–Kier alpha value is -2.20. The van der Waals surface area contributed by atoms with Crippen LogP contribution in [0.15, 0.2) is 35.5 Å². The maximum atomic E-state index is 10.1. The summed E-state index contributed by atoms with van der Waals surface area (Å²) in [6.07, 6.45) is 4.08. The summed E-state index contributed by atoms with van der Waals surface area (Å²) in [5, 5.41) is 19.5. The SMILES string of the molecule is CC[C@@H](N=Cc1c(CO)cnc(C)c1O)c1ccc(C)cc1. The molecule has 116 valence electrons. The summed E-state index contributed by atoms with van der Waals surface area (Å²) >= 11 is 0. The first kappa shape index (κ1) is 16.2. The van der Waals surface area contributed by atoms with E-state index < -0.39 is 0 Å². The minimum atomic E-state index is -0.177. The van der Waals surface area contributed by atoms with Gasteiger partial charge >= 0.3 is 0 Å². The number of aliphatic hydroxyl groups is 1. The Bertz CT molecular complexity index is 664. The Morgan fingerprint density at radius 1 is 1.23 bits per heavy atom. The highest BCUT2D eigenvalue weighted by Gasteiger charge is 2.11. The van der Waals surface area contributed by atoms with Gasteiger partial charge in [-0.3, -0.25) is 9.98 Å². The molecule has 0 fully saturated rings. The Morgan fingerprint density at radius 2 is 1.91 bits per heavy atom. The molecule has 2 N–H and O–H groups in total. The summed E-state index contributed by atoms with van der Waals surface area (Å²) in [5.74, 6) is 0.0778. The fourth-order valence-electron chi connectivity index (χ4n) is 2.30. The van der Waals surface area contributed by atoms with Crippen molar-refractivity contribution in [2.45, 2.75) is 39.8 Å². The third kappa shape index (κ3) is 3.52. The third-order valence-electron chi connectivity index (χ3n) is 3.76. The summed E-state index contributed by atoms with van der Waals surface area (Å²) in [5.41, 5.74) is 4.00. The van der Waals surface area contributed by atoms with E-state index in [9.17, 15) is 10.2 Å². The molecule has 0 radical (unpaired) electrons. The van der Waals surface area contributed by atoms with Gasteiger partial charge in [0.25, 0.3) is 0 Å². The number of rotatable bonds is 5. The lowest BCUT2D eigenvalue weighted by Crippen LogP contribution is -2.00. The van der Waals surface area contributed by atoms with E-state index in [1.807, 2.05) is 0 Å². The Labute approximate surface area is 131 Å². The number of aliphatic hydroxyl groups excluding tert-OH is 1. The largest absolute Gasteiger partial charge is 0.505 e. The van der Waals surface area contributed by atoms with Gasteiger partial charge in [-0.05, 0) is 25.8 Å². The number of pyridine rings is 1. The average Bonchev–Trinajstić information content (AvgIpc) is 2.53. The second-order valence-electron chi connectivity index (χ2n) is 5.40. The fraction of sp³-hybridized carbons (Fsp3) is 0.333. The molecule has 2 rings (SSSR count). The zero-order valence-electron chi connectivity index (χ0n) is 13.2. The normalized spacial score (nSPS) is 12.7. The summed E-state index contributed by atoms with van der Waals surface area (Å²) in [6, 6.07) is 8.32. The van der Waals surface area contributed by atoms with Crippen molar-refractivity contribution in [2.75, 3.05) is 0 Å². The van der Waals surface area contributed by atoms with Crippen LogP contribution < -0.4 is 0 Å². The van der Waals surface area contributed by atoms with Crippen LogP contribution in [0, 0.1) is 13.8 Å². The summed E-state index contributed by atoms with van der Waals surface area (Å²) in [6.45, 7) is 5.68. The molecule has 0 bridgehead atoms. The molecule has 0 aliphatic carbocycles. The molecule has 0 unspecified atom stereocenters. The molecule has 0 saturated carbocycles. The number of nitrogens with zero attached hydrogens (tertiary/aromatic N) is 2. The van der Waals surface area contributed by atoms with Gasteiger partial charge in [0.15, 0.2) is 0 Å². The van der Waals surface area contributed by atoms with Gasteiger partial charge in [0.05, 0.1) is 18.3 Å². The maximum Gasteiger partial charge on any atom is 0.145 e. The molecule has 1 atom stereocenters. The Morgan fingerprint density at radius 3 is 2.50 bits per heavy atom. The van der Waals surface area contributed by atoms with Crippen LogP contribution in [0.3, 0.4) is 0 Å². The first-order chi connectivity index (χ1) is 10.6. The monoisotopic (exact) mass is 298 g/mol. The van der Waals surface area contributed by atoms with Crippen LogP contribution in [0.4, 0.5) is 0 Å². The smallest absolute Gasteiger partial charge is 0.145 e. The number of aromatic nitrogens is 1. The van der Waals surface area contributed by atoms with Crippen LogP contribution >= 0.6 is 0 Å². The van der Waals surface area contributed by atoms with Crippen molar-refractivity contribution < 1.29 is 10.2 Å². The zero-order chi connectivity index (χ0) is 16.1. The zero-order valence-corrected chi connectivity index (χ0v) is 13.2. The van der Waals surface area contributed by atoms with Crippen LogP contribution in [0.25, 0.3) is 0 Å². The van der Waals surface area contributed by atoms with Gasteiger partial charge in [-0.2, -0.15) is 0 Å². The first-order valence-electron chi connectivity index (χ1n) is 7.44. The summed E-state index contributed by atoms with van der Waals surface area (Å²) in [4.78, 5) is 8.65.